The van der Waals surface area contributed by atoms with Crippen molar-refractivity contribution in [3.63, 3.8) is 0 Å². The van der Waals surface area contributed by atoms with Gasteiger partial charge in [0.25, 0.3) is 0 Å². The third kappa shape index (κ3) is 3.93. The maximum absolute atomic E-state index is 13.3. The molecular formula is C20H29N3O4S. The summed E-state index contributed by atoms with van der Waals surface area (Å²) in [6.45, 7) is 5.19. The van der Waals surface area contributed by atoms with E-state index in [1.807, 2.05) is 32.0 Å². The Morgan fingerprint density at radius 3 is 2.43 bits per heavy atom. The molecule has 0 aromatic heterocycles. The quantitative estimate of drug-likeness (QED) is 0.824. The van der Waals surface area contributed by atoms with Crippen molar-refractivity contribution in [1.82, 2.24) is 9.62 Å². The Bertz CT molecular complexity index is 893. The van der Waals surface area contributed by atoms with Gasteiger partial charge in [-0.2, -0.15) is 4.31 Å². The molecule has 0 spiro atoms. The van der Waals surface area contributed by atoms with Gasteiger partial charge in [-0.1, -0.05) is 30.5 Å². The maximum Gasteiger partial charge on any atom is 0.247 e. The van der Waals surface area contributed by atoms with E-state index >= 15 is 0 Å². The number of nitrogens with one attached hydrogen (secondary N) is 1. The lowest BCUT2D eigenvalue weighted by Gasteiger charge is -2.47. The number of anilines is 1. The molecule has 0 radical (unpaired) electrons. The van der Waals surface area contributed by atoms with Crippen molar-refractivity contribution in [3.05, 3.63) is 29.3 Å². The van der Waals surface area contributed by atoms with Gasteiger partial charge in [0.2, 0.25) is 21.8 Å². The van der Waals surface area contributed by atoms with Crippen LogP contribution in [0.1, 0.15) is 43.7 Å². The zero-order chi connectivity index (χ0) is 20.7. The second kappa shape index (κ2) is 7.48. The first-order valence-electron chi connectivity index (χ1n) is 9.69. The number of rotatable bonds is 4. The summed E-state index contributed by atoms with van der Waals surface area (Å²) in [5, 5.41) is 3.06. The highest BCUT2D eigenvalue weighted by Crippen LogP contribution is 2.33. The average molecular weight is 408 g/mol. The lowest BCUT2D eigenvalue weighted by Crippen LogP contribution is -2.70. The molecule has 2 amide bonds. The number of benzene rings is 1. The molecule has 2 aliphatic rings. The molecule has 1 aliphatic carbocycles. The van der Waals surface area contributed by atoms with Crippen LogP contribution in [-0.4, -0.2) is 55.5 Å². The van der Waals surface area contributed by atoms with Crippen LogP contribution in [0.2, 0.25) is 0 Å². The first-order valence-corrected chi connectivity index (χ1v) is 11.5. The summed E-state index contributed by atoms with van der Waals surface area (Å²) in [5.74, 6) is -0.700. The SMILES string of the molecule is Cc1ccc(N2C(=O)CN(S(C)(=O)=O)C[C@@]2(C)C(=O)NC2CCCC2)c(C)c1. The van der Waals surface area contributed by atoms with Crippen LogP contribution in [0.15, 0.2) is 18.2 Å². The van der Waals surface area contributed by atoms with Crippen LogP contribution in [0.25, 0.3) is 0 Å². The highest BCUT2D eigenvalue weighted by Gasteiger charge is 2.51. The minimum absolute atomic E-state index is 0.0660. The van der Waals surface area contributed by atoms with Crippen LogP contribution < -0.4 is 10.2 Å². The number of sulfonamides is 1. The van der Waals surface area contributed by atoms with Crippen LogP contribution in [0.4, 0.5) is 5.69 Å². The number of hydrogen-bond donors (Lipinski definition) is 1. The molecule has 1 N–H and O–H groups in total. The average Bonchev–Trinajstić information content (AvgIpc) is 3.08. The highest BCUT2D eigenvalue weighted by atomic mass is 32.2. The van der Waals surface area contributed by atoms with Crippen molar-refractivity contribution in [1.29, 1.82) is 0 Å². The van der Waals surface area contributed by atoms with E-state index < -0.39 is 21.5 Å². The second-order valence-corrected chi connectivity index (χ2v) is 10.3. The summed E-state index contributed by atoms with van der Waals surface area (Å²) >= 11 is 0. The number of carbonyl (C=O) groups is 2. The van der Waals surface area contributed by atoms with Gasteiger partial charge >= 0.3 is 0 Å². The molecule has 1 heterocycles. The summed E-state index contributed by atoms with van der Waals surface area (Å²) in [6.07, 6.45) is 5.03. The fourth-order valence-electron chi connectivity index (χ4n) is 4.24. The highest BCUT2D eigenvalue weighted by molar-refractivity contribution is 7.88. The molecule has 2 fully saturated rings. The van der Waals surface area contributed by atoms with E-state index in [0.717, 1.165) is 47.4 Å². The number of hydrogen-bond acceptors (Lipinski definition) is 4. The smallest absolute Gasteiger partial charge is 0.247 e. The molecule has 1 saturated heterocycles. The number of piperazine rings is 1. The molecule has 8 heteroatoms. The van der Waals surface area contributed by atoms with Crippen molar-refractivity contribution < 1.29 is 18.0 Å². The number of nitrogens with zero attached hydrogens (tertiary/aromatic N) is 2. The van der Waals surface area contributed by atoms with Crippen molar-refractivity contribution in [3.8, 4) is 0 Å². The fourth-order valence-corrected chi connectivity index (χ4v) is 5.07. The maximum atomic E-state index is 13.3. The summed E-state index contributed by atoms with van der Waals surface area (Å²) in [4.78, 5) is 27.9. The molecule has 1 saturated carbocycles. The van der Waals surface area contributed by atoms with Gasteiger partial charge in [-0.15, -0.1) is 0 Å². The van der Waals surface area contributed by atoms with Gasteiger partial charge in [0, 0.05) is 18.3 Å². The summed E-state index contributed by atoms with van der Waals surface area (Å²) in [6, 6.07) is 5.77. The zero-order valence-electron chi connectivity index (χ0n) is 17.0. The Morgan fingerprint density at radius 1 is 1.21 bits per heavy atom. The molecule has 0 unspecified atom stereocenters. The van der Waals surface area contributed by atoms with Gasteiger partial charge in [0.05, 0.1) is 12.8 Å². The van der Waals surface area contributed by atoms with Crippen LogP contribution >= 0.6 is 0 Å². The van der Waals surface area contributed by atoms with Crippen LogP contribution in [0, 0.1) is 13.8 Å². The van der Waals surface area contributed by atoms with E-state index in [4.69, 9.17) is 0 Å². The molecule has 1 aromatic carbocycles. The largest absolute Gasteiger partial charge is 0.351 e. The second-order valence-electron chi connectivity index (χ2n) is 8.28. The predicted octanol–water partition coefficient (Wildman–Crippen LogP) is 1.73. The monoisotopic (exact) mass is 407 g/mol. The molecule has 1 aromatic rings. The van der Waals surface area contributed by atoms with Gasteiger partial charge in [0.15, 0.2) is 0 Å². The van der Waals surface area contributed by atoms with Crippen molar-refractivity contribution in [2.45, 2.75) is 58.0 Å². The molecule has 1 atom stereocenters. The molecule has 28 heavy (non-hydrogen) atoms. The number of aryl methyl sites for hydroxylation is 2. The van der Waals surface area contributed by atoms with Gasteiger partial charge in [-0.05, 0) is 45.2 Å². The van der Waals surface area contributed by atoms with E-state index in [1.165, 1.54) is 4.90 Å². The van der Waals surface area contributed by atoms with Crippen molar-refractivity contribution >= 4 is 27.5 Å². The van der Waals surface area contributed by atoms with Gasteiger partial charge in [-0.3, -0.25) is 14.5 Å². The lowest BCUT2D eigenvalue weighted by molar-refractivity contribution is -0.133. The lowest BCUT2D eigenvalue weighted by atomic mass is 9.93. The Hall–Kier alpha value is -1.93. The molecule has 7 nitrogen and oxygen atoms in total. The van der Waals surface area contributed by atoms with Gasteiger partial charge in [0.1, 0.15) is 5.54 Å². The Balaban J connectivity index is 2.03. The Labute approximate surface area is 167 Å². The molecular weight excluding hydrogens is 378 g/mol. The Morgan fingerprint density at radius 2 is 1.86 bits per heavy atom. The third-order valence-electron chi connectivity index (χ3n) is 5.78. The minimum atomic E-state index is -3.61. The van der Waals surface area contributed by atoms with Gasteiger partial charge in [-0.25, -0.2) is 8.42 Å². The van der Waals surface area contributed by atoms with E-state index in [-0.39, 0.29) is 25.0 Å². The van der Waals surface area contributed by atoms with E-state index in [2.05, 4.69) is 5.32 Å². The van der Waals surface area contributed by atoms with Crippen LogP contribution in [0.3, 0.4) is 0 Å². The number of amides is 2. The summed E-state index contributed by atoms with van der Waals surface area (Å²) in [7, 11) is -3.61. The molecule has 1 aliphatic heterocycles. The summed E-state index contributed by atoms with van der Waals surface area (Å²) < 4.78 is 25.4. The van der Waals surface area contributed by atoms with E-state index in [0.29, 0.717) is 5.69 Å². The van der Waals surface area contributed by atoms with Gasteiger partial charge < -0.3 is 5.32 Å². The molecule has 3 rings (SSSR count). The van der Waals surface area contributed by atoms with Crippen LogP contribution in [0.5, 0.6) is 0 Å². The topological polar surface area (TPSA) is 86.8 Å². The van der Waals surface area contributed by atoms with Crippen molar-refractivity contribution in [2.24, 2.45) is 0 Å². The Kier molecular flexibility index (Phi) is 5.55. The third-order valence-corrected chi connectivity index (χ3v) is 6.98. The molecule has 0 bridgehead atoms. The molecule has 154 valence electrons. The normalized spacial score (nSPS) is 24.6. The van der Waals surface area contributed by atoms with Crippen LogP contribution in [-0.2, 0) is 19.6 Å². The standard InChI is InChI=1S/C20H29N3O4S/c1-14-9-10-17(15(2)11-14)23-18(24)12-22(28(4,26)27)13-20(23,3)19(25)21-16-7-5-6-8-16/h9-11,16H,5-8,12-13H2,1-4H3,(H,21,25)/t20-/m0/s1. The zero-order valence-corrected chi connectivity index (χ0v) is 17.8. The predicted molar refractivity (Wildman–Crippen MR) is 109 cm³/mol. The fraction of sp³-hybridized carbons (Fsp3) is 0.600. The van der Waals surface area contributed by atoms with E-state index in [9.17, 15) is 18.0 Å². The van der Waals surface area contributed by atoms with E-state index in [1.54, 1.807) is 6.92 Å². The first-order chi connectivity index (χ1) is 13.0. The number of carbonyl (C=O) groups excluding carboxylic acids is 2. The summed E-state index contributed by atoms with van der Waals surface area (Å²) in [5.41, 5.74) is 1.26. The van der Waals surface area contributed by atoms with Crippen molar-refractivity contribution in [2.75, 3.05) is 24.2 Å². The minimum Gasteiger partial charge on any atom is -0.351 e. The first kappa shape index (κ1) is 20.8.